The van der Waals surface area contributed by atoms with Gasteiger partial charge in [-0.3, -0.25) is 4.79 Å². The summed E-state index contributed by atoms with van der Waals surface area (Å²) in [5, 5.41) is 0. The van der Waals surface area contributed by atoms with E-state index in [1.54, 1.807) is 0 Å². The lowest BCUT2D eigenvalue weighted by Crippen LogP contribution is -2.07. The molecule has 9 heavy (non-hydrogen) atoms. The molecular weight excluding hydrogens is 112 g/mol. The first-order chi connectivity index (χ1) is 4.29. The number of carbonyl (C=O) groups is 1. The molecule has 0 radical (unpaired) electrons. The lowest BCUT2D eigenvalue weighted by Gasteiger charge is -2.03. The van der Waals surface area contributed by atoms with Crippen molar-refractivity contribution in [2.45, 2.75) is 19.3 Å². The van der Waals surface area contributed by atoms with Crippen molar-refractivity contribution in [2.75, 3.05) is 0 Å². The van der Waals surface area contributed by atoms with E-state index >= 15 is 0 Å². The minimum atomic E-state index is 0.273. The molecule has 0 amide bonds. The Morgan fingerprint density at radius 1 is 1.44 bits per heavy atom. The second-order valence-electron chi connectivity index (χ2n) is 3.07. The maximum absolute atomic E-state index is 11.0. The van der Waals surface area contributed by atoms with Crippen molar-refractivity contribution in [1.82, 2.24) is 0 Å². The van der Waals surface area contributed by atoms with E-state index in [2.05, 4.69) is 6.58 Å². The van der Waals surface area contributed by atoms with Crippen LogP contribution in [0.3, 0.4) is 0 Å². The normalized spacial score (nSPS) is 40.4. The van der Waals surface area contributed by atoms with Gasteiger partial charge < -0.3 is 0 Å². The molecule has 1 unspecified atom stereocenters. The first kappa shape index (κ1) is 5.21. The van der Waals surface area contributed by atoms with E-state index in [-0.39, 0.29) is 5.92 Å². The highest BCUT2D eigenvalue weighted by atomic mass is 16.1. The number of rotatable bonds is 0. The van der Waals surface area contributed by atoms with E-state index in [0.717, 1.165) is 12.8 Å². The van der Waals surface area contributed by atoms with E-state index < -0.39 is 0 Å². The van der Waals surface area contributed by atoms with Crippen LogP contribution in [0.4, 0.5) is 0 Å². The Balaban J connectivity index is 2.36. The Hall–Kier alpha value is -0.590. The van der Waals surface area contributed by atoms with Gasteiger partial charge in [0.2, 0.25) is 0 Å². The largest absolute Gasteiger partial charge is 0.299 e. The Kier molecular flexibility index (Phi) is 0.850. The van der Waals surface area contributed by atoms with Gasteiger partial charge in [-0.1, -0.05) is 12.2 Å². The van der Waals surface area contributed by atoms with E-state index in [9.17, 15) is 4.79 Å². The van der Waals surface area contributed by atoms with Crippen molar-refractivity contribution in [2.24, 2.45) is 11.8 Å². The summed E-state index contributed by atoms with van der Waals surface area (Å²) in [6.45, 7) is 3.91. The molecular formula is C8H10O. The average molecular weight is 122 g/mol. The molecule has 2 fully saturated rings. The molecule has 0 aromatic heterocycles. The summed E-state index contributed by atoms with van der Waals surface area (Å²) in [5.74, 6) is 1.29. The van der Waals surface area contributed by atoms with Crippen LogP contribution in [-0.2, 0) is 4.79 Å². The summed E-state index contributed by atoms with van der Waals surface area (Å²) >= 11 is 0. The molecule has 2 atom stereocenters. The molecule has 0 N–H and O–H groups in total. The van der Waals surface area contributed by atoms with E-state index in [1.807, 2.05) is 0 Å². The van der Waals surface area contributed by atoms with Crippen LogP contribution in [0.1, 0.15) is 19.3 Å². The predicted octanol–water partition coefficient (Wildman–Crippen LogP) is 1.54. The molecule has 2 aliphatic carbocycles. The number of fused-ring (bicyclic) bond motifs is 2. The summed E-state index contributed by atoms with van der Waals surface area (Å²) in [6.07, 6.45) is 3.10. The monoisotopic (exact) mass is 122 g/mol. The summed E-state index contributed by atoms with van der Waals surface area (Å²) in [5.41, 5.74) is 1.22. The van der Waals surface area contributed by atoms with Crippen LogP contribution in [-0.4, -0.2) is 5.78 Å². The highest BCUT2D eigenvalue weighted by Crippen LogP contribution is 2.45. The molecule has 1 nitrogen and oxygen atoms in total. The van der Waals surface area contributed by atoms with Gasteiger partial charge in [0, 0.05) is 12.3 Å². The Labute approximate surface area is 54.8 Å². The number of hydrogen-bond donors (Lipinski definition) is 0. The smallest absolute Gasteiger partial charge is 0.140 e. The van der Waals surface area contributed by atoms with Crippen molar-refractivity contribution in [3.63, 3.8) is 0 Å². The van der Waals surface area contributed by atoms with Gasteiger partial charge in [0.25, 0.3) is 0 Å². The summed E-state index contributed by atoms with van der Waals surface area (Å²) in [7, 11) is 0. The standard InChI is InChI=1S/C8H10O/c1-5-6-2-3-7(5)8(9)4-6/h6-7H,1-4H2/t6?,7-/m1/s1. The van der Waals surface area contributed by atoms with Crippen molar-refractivity contribution < 1.29 is 4.79 Å². The highest BCUT2D eigenvalue weighted by molar-refractivity contribution is 5.88. The molecule has 0 aromatic rings. The second-order valence-corrected chi connectivity index (χ2v) is 3.07. The van der Waals surface area contributed by atoms with E-state index in [1.165, 1.54) is 12.0 Å². The fourth-order valence-corrected chi connectivity index (χ4v) is 2.01. The maximum Gasteiger partial charge on any atom is 0.140 e. The summed E-state index contributed by atoms with van der Waals surface area (Å²) in [4.78, 5) is 11.0. The van der Waals surface area contributed by atoms with Crippen LogP contribution in [0.25, 0.3) is 0 Å². The van der Waals surface area contributed by atoms with Gasteiger partial charge in [0.05, 0.1) is 0 Å². The zero-order valence-electron chi connectivity index (χ0n) is 5.39. The van der Waals surface area contributed by atoms with Gasteiger partial charge in [-0.25, -0.2) is 0 Å². The summed E-state index contributed by atoms with van der Waals surface area (Å²) in [6, 6.07) is 0. The lowest BCUT2D eigenvalue weighted by atomic mass is 10.00. The van der Waals surface area contributed by atoms with Crippen LogP contribution in [0, 0.1) is 11.8 Å². The third-order valence-electron chi connectivity index (χ3n) is 2.61. The van der Waals surface area contributed by atoms with Crippen LogP contribution in [0.2, 0.25) is 0 Å². The van der Waals surface area contributed by atoms with Crippen molar-refractivity contribution >= 4 is 5.78 Å². The van der Waals surface area contributed by atoms with Crippen LogP contribution in [0.5, 0.6) is 0 Å². The van der Waals surface area contributed by atoms with Crippen molar-refractivity contribution in [3.8, 4) is 0 Å². The van der Waals surface area contributed by atoms with E-state index in [4.69, 9.17) is 0 Å². The molecule has 0 spiro atoms. The van der Waals surface area contributed by atoms with Crippen molar-refractivity contribution in [3.05, 3.63) is 12.2 Å². The lowest BCUT2D eigenvalue weighted by molar-refractivity contribution is -0.121. The van der Waals surface area contributed by atoms with E-state index in [0.29, 0.717) is 11.7 Å². The van der Waals surface area contributed by atoms with Gasteiger partial charge in [-0.05, 0) is 18.8 Å². The molecule has 0 heterocycles. The van der Waals surface area contributed by atoms with Gasteiger partial charge >= 0.3 is 0 Å². The van der Waals surface area contributed by atoms with Crippen molar-refractivity contribution in [1.29, 1.82) is 0 Å². The molecule has 48 valence electrons. The molecule has 0 aliphatic heterocycles. The van der Waals surface area contributed by atoms with Gasteiger partial charge in [0.15, 0.2) is 0 Å². The van der Waals surface area contributed by atoms with Crippen LogP contribution >= 0.6 is 0 Å². The Morgan fingerprint density at radius 3 is 2.44 bits per heavy atom. The predicted molar refractivity (Wildman–Crippen MR) is 35.0 cm³/mol. The maximum atomic E-state index is 11.0. The fourth-order valence-electron chi connectivity index (χ4n) is 2.01. The first-order valence-corrected chi connectivity index (χ1v) is 3.50. The molecule has 2 saturated carbocycles. The number of allylic oxidation sites excluding steroid dienone is 1. The number of hydrogen-bond acceptors (Lipinski definition) is 1. The zero-order valence-corrected chi connectivity index (χ0v) is 5.39. The fraction of sp³-hybridized carbons (Fsp3) is 0.625. The summed E-state index contributed by atoms with van der Waals surface area (Å²) < 4.78 is 0. The Morgan fingerprint density at radius 2 is 2.22 bits per heavy atom. The number of carbonyl (C=O) groups excluding carboxylic acids is 1. The number of Topliss-reactive ketones (excluding diaryl/α,β-unsaturated/α-hetero) is 1. The first-order valence-electron chi connectivity index (χ1n) is 3.50. The Bertz CT molecular complexity index is 181. The topological polar surface area (TPSA) is 17.1 Å². The molecule has 0 saturated heterocycles. The van der Waals surface area contributed by atoms with Gasteiger partial charge in [0.1, 0.15) is 5.78 Å². The number of ketones is 1. The quantitative estimate of drug-likeness (QED) is 0.445. The molecule has 2 aliphatic rings. The van der Waals surface area contributed by atoms with Crippen LogP contribution < -0.4 is 0 Å². The second kappa shape index (κ2) is 1.47. The third-order valence-corrected chi connectivity index (χ3v) is 2.61. The molecule has 1 heteroatoms. The molecule has 0 aromatic carbocycles. The van der Waals surface area contributed by atoms with Crippen LogP contribution in [0.15, 0.2) is 12.2 Å². The van der Waals surface area contributed by atoms with Gasteiger partial charge in [-0.2, -0.15) is 0 Å². The minimum absolute atomic E-state index is 0.273. The highest BCUT2D eigenvalue weighted by Gasteiger charge is 2.41. The average Bonchev–Trinajstić information content (AvgIpc) is 2.25. The minimum Gasteiger partial charge on any atom is -0.299 e. The third kappa shape index (κ3) is 0.521. The molecule has 2 rings (SSSR count). The SMILES string of the molecule is C=C1C2CC[C@H]1C(=O)C2. The zero-order chi connectivity index (χ0) is 6.43. The van der Waals surface area contributed by atoms with Gasteiger partial charge in [-0.15, -0.1) is 0 Å². The molecule has 2 bridgehead atoms.